The van der Waals surface area contributed by atoms with E-state index in [-0.39, 0.29) is 11.7 Å². The van der Waals surface area contributed by atoms with Crippen molar-refractivity contribution in [1.82, 2.24) is 15.2 Å². The molecule has 0 spiro atoms. The van der Waals surface area contributed by atoms with Crippen LogP contribution >= 0.6 is 0 Å². The van der Waals surface area contributed by atoms with E-state index in [0.29, 0.717) is 29.2 Å². The molecule has 3 aromatic carbocycles. The molecule has 0 bridgehead atoms. The Labute approximate surface area is 185 Å². The van der Waals surface area contributed by atoms with Gasteiger partial charge in [-0.1, -0.05) is 30.3 Å². The first-order valence-electron chi connectivity index (χ1n) is 10.1. The van der Waals surface area contributed by atoms with Crippen molar-refractivity contribution in [2.24, 2.45) is 5.10 Å². The molecule has 4 aromatic rings. The van der Waals surface area contributed by atoms with Crippen LogP contribution in [0.3, 0.4) is 0 Å². The van der Waals surface area contributed by atoms with Crippen molar-refractivity contribution in [3.63, 3.8) is 0 Å². The fourth-order valence-electron chi connectivity index (χ4n) is 3.18. The van der Waals surface area contributed by atoms with Crippen molar-refractivity contribution in [3.05, 3.63) is 102 Å². The molecule has 0 atom stereocenters. The molecule has 1 aromatic heterocycles. The van der Waals surface area contributed by atoms with Gasteiger partial charge >= 0.3 is 0 Å². The lowest BCUT2D eigenvalue weighted by Crippen LogP contribution is -2.18. The van der Waals surface area contributed by atoms with Crippen LogP contribution in [-0.4, -0.2) is 28.5 Å². The number of ether oxygens (including phenoxy) is 1. The van der Waals surface area contributed by atoms with E-state index in [1.54, 1.807) is 47.3 Å². The van der Waals surface area contributed by atoms with Crippen LogP contribution in [0.25, 0.3) is 16.9 Å². The molecule has 0 unspecified atom stereocenters. The maximum atomic E-state index is 13.4. The van der Waals surface area contributed by atoms with Crippen LogP contribution in [0.2, 0.25) is 0 Å². The van der Waals surface area contributed by atoms with E-state index >= 15 is 0 Å². The van der Waals surface area contributed by atoms with Gasteiger partial charge in [-0.15, -0.1) is 0 Å². The number of amides is 1. The highest BCUT2D eigenvalue weighted by Gasteiger charge is 2.13. The van der Waals surface area contributed by atoms with Gasteiger partial charge in [0, 0.05) is 17.3 Å². The molecule has 1 amide bonds. The molecule has 0 radical (unpaired) electrons. The highest BCUT2D eigenvalue weighted by molar-refractivity contribution is 5.98. The van der Waals surface area contributed by atoms with Crippen LogP contribution < -0.4 is 10.2 Å². The molecule has 0 aliphatic heterocycles. The summed E-state index contributed by atoms with van der Waals surface area (Å²) in [6.07, 6.45) is 3.32. The molecule has 4 rings (SSSR count). The standard InChI is InChI=1S/C25H21FN4O2/c1-2-32-23-11-7-6-10-22(23)25(31)28-27-16-19-17-30(21-8-4-3-5-9-21)29-24(19)18-12-14-20(26)15-13-18/h3-17H,2H2,1H3,(H,28,31)/b27-16-. The van der Waals surface area contributed by atoms with Gasteiger partial charge in [0.25, 0.3) is 5.91 Å². The van der Waals surface area contributed by atoms with Gasteiger partial charge < -0.3 is 4.74 Å². The third-order valence-corrected chi connectivity index (χ3v) is 4.68. The van der Waals surface area contributed by atoms with Crippen molar-refractivity contribution in [2.45, 2.75) is 6.92 Å². The number of nitrogens with zero attached hydrogens (tertiary/aromatic N) is 3. The van der Waals surface area contributed by atoms with Gasteiger partial charge in [0.05, 0.1) is 24.1 Å². The first-order chi connectivity index (χ1) is 15.7. The van der Waals surface area contributed by atoms with Gasteiger partial charge in [-0.25, -0.2) is 14.5 Å². The van der Waals surface area contributed by atoms with Crippen LogP contribution in [0.5, 0.6) is 5.75 Å². The Morgan fingerprint density at radius 2 is 1.78 bits per heavy atom. The number of carbonyl (C=O) groups excluding carboxylic acids is 1. The maximum Gasteiger partial charge on any atom is 0.275 e. The lowest BCUT2D eigenvalue weighted by atomic mass is 10.1. The Bertz CT molecular complexity index is 1230. The summed E-state index contributed by atoms with van der Waals surface area (Å²) in [5, 5.41) is 8.77. The highest BCUT2D eigenvalue weighted by atomic mass is 19.1. The minimum absolute atomic E-state index is 0.327. The van der Waals surface area contributed by atoms with E-state index < -0.39 is 0 Å². The fourth-order valence-corrected chi connectivity index (χ4v) is 3.18. The van der Waals surface area contributed by atoms with E-state index in [1.807, 2.05) is 37.3 Å². The Morgan fingerprint density at radius 1 is 1.06 bits per heavy atom. The predicted octanol–water partition coefficient (Wildman–Crippen LogP) is 4.84. The van der Waals surface area contributed by atoms with Gasteiger partial charge in [-0.05, 0) is 55.5 Å². The molecule has 160 valence electrons. The smallest absolute Gasteiger partial charge is 0.275 e. The number of rotatable bonds is 7. The summed E-state index contributed by atoms with van der Waals surface area (Å²) in [6.45, 7) is 2.31. The monoisotopic (exact) mass is 428 g/mol. The Morgan fingerprint density at radius 3 is 2.53 bits per heavy atom. The summed E-state index contributed by atoms with van der Waals surface area (Å²) in [6, 6.07) is 22.6. The van der Waals surface area contributed by atoms with Gasteiger partial charge in [-0.2, -0.15) is 10.2 Å². The molecule has 6 nitrogen and oxygen atoms in total. The second-order valence-corrected chi connectivity index (χ2v) is 6.85. The largest absolute Gasteiger partial charge is 0.493 e. The SMILES string of the molecule is CCOc1ccccc1C(=O)N/N=C\c1cn(-c2ccccc2)nc1-c1ccc(F)cc1. The second kappa shape index (κ2) is 9.70. The third kappa shape index (κ3) is 4.73. The third-order valence-electron chi connectivity index (χ3n) is 4.68. The Kier molecular flexibility index (Phi) is 6.36. The van der Waals surface area contributed by atoms with Crippen LogP contribution in [-0.2, 0) is 0 Å². The Balaban J connectivity index is 1.62. The van der Waals surface area contributed by atoms with Crippen molar-refractivity contribution >= 4 is 12.1 Å². The second-order valence-electron chi connectivity index (χ2n) is 6.85. The summed E-state index contributed by atoms with van der Waals surface area (Å²) in [5.74, 6) is -0.220. The quantitative estimate of drug-likeness (QED) is 0.338. The topological polar surface area (TPSA) is 68.5 Å². The van der Waals surface area contributed by atoms with E-state index in [2.05, 4.69) is 15.6 Å². The summed E-state index contributed by atoms with van der Waals surface area (Å²) in [5.41, 5.74) is 5.81. The number of halogens is 1. The number of carbonyl (C=O) groups is 1. The summed E-state index contributed by atoms with van der Waals surface area (Å²) >= 11 is 0. The van der Waals surface area contributed by atoms with Crippen LogP contribution in [0, 0.1) is 5.82 Å². The molecule has 0 aliphatic rings. The maximum absolute atomic E-state index is 13.4. The summed E-state index contributed by atoms with van der Waals surface area (Å²) in [4.78, 5) is 12.6. The van der Waals surface area contributed by atoms with Crippen molar-refractivity contribution in [3.8, 4) is 22.7 Å². The molecule has 0 aliphatic carbocycles. The molecule has 7 heteroatoms. The van der Waals surface area contributed by atoms with Crippen LogP contribution in [0.1, 0.15) is 22.8 Å². The van der Waals surface area contributed by atoms with Crippen molar-refractivity contribution in [1.29, 1.82) is 0 Å². The van der Waals surface area contributed by atoms with E-state index in [0.717, 1.165) is 11.3 Å². The predicted molar refractivity (Wildman–Crippen MR) is 122 cm³/mol. The van der Waals surface area contributed by atoms with Crippen molar-refractivity contribution in [2.75, 3.05) is 6.61 Å². The molecule has 32 heavy (non-hydrogen) atoms. The highest BCUT2D eigenvalue weighted by Crippen LogP contribution is 2.23. The Hall–Kier alpha value is -4.26. The normalized spacial score (nSPS) is 10.9. The minimum atomic E-state index is -0.385. The first-order valence-corrected chi connectivity index (χ1v) is 10.1. The molecule has 0 saturated heterocycles. The lowest BCUT2D eigenvalue weighted by Gasteiger charge is -2.08. The summed E-state index contributed by atoms with van der Waals surface area (Å²) < 4.78 is 20.6. The number of hydrazone groups is 1. The van der Waals surface area contributed by atoms with E-state index in [4.69, 9.17) is 4.74 Å². The molecule has 1 N–H and O–H groups in total. The molecule has 0 saturated carbocycles. The zero-order chi connectivity index (χ0) is 22.3. The zero-order valence-electron chi connectivity index (χ0n) is 17.4. The number of benzene rings is 3. The van der Waals surface area contributed by atoms with E-state index in [1.165, 1.54) is 18.3 Å². The average Bonchev–Trinajstić information content (AvgIpc) is 3.25. The van der Waals surface area contributed by atoms with Crippen LogP contribution in [0.15, 0.2) is 90.2 Å². The van der Waals surface area contributed by atoms with Crippen molar-refractivity contribution < 1.29 is 13.9 Å². The zero-order valence-corrected chi connectivity index (χ0v) is 17.4. The minimum Gasteiger partial charge on any atom is -0.493 e. The van der Waals surface area contributed by atoms with Gasteiger partial charge in [0.15, 0.2) is 0 Å². The molecular formula is C25H21FN4O2. The van der Waals surface area contributed by atoms with Crippen LogP contribution in [0.4, 0.5) is 4.39 Å². The van der Waals surface area contributed by atoms with E-state index in [9.17, 15) is 9.18 Å². The van der Waals surface area contributed by atoms with Gasteiger partial charge in [0.1, 0.15) is 17.3 Å². The number of aromatic nitrogens is 2. The average molecular weight is 428 g/mol. The molecule has 1 heterocycles. The number of nitrogens with one attached hydrogen (secondary N) is 1. The molecular weight excluding hydrogens is 407 g/mol. The lowest BCUT2D eigenvalue weighted by molar-refractivity contribution is 0.0951. The number of hydrogen-bond acceptors (Lipinski definition) is 4. The summed E-state index contributed by atoms with van der Waals surface area (Å²) in [7, 11) is 0. The molecule has 0 fully saturated rings. The first kappa shape index (κ1) is 21.0. The fraction of sp³-hybridized carbons (Fsp3) is 0.0800. The number of hydrogen-bond donors (Lipinski definition) is 1. The van der Waals surface area contributed by atoms with Gasteiger partial charge in [-0.3, -0.25) is 4.79 Å². The number of para-hydroxylation sites is 2. The van der Waals surface area contributed by atoms with Gasteiger partial charge in [0.2, 0.25) is 0 Å².